The van der Waals surface area contributed by atoms with Gasteiger partial charge in [-0.05, 0) is 63.7 Å². The lowest BCUT2D eigenvalue weighted by Crippen LogP contribution is -2.57. The van der Waals surface area contributed by atoms with E-state index < -0.39 is 5.54 Å². The third-order valence-electron chi connectivity index (χ3n) is 6.73. The molecule has 1 N–H and O–H groups in total. The SMILES string of the molecule is Cc1ccc(N2CC(N(C)C)C2)cc1C(=O)NC1(c2nccc3c(F)cccc23)CC1. The minimum atomic E-state index is -0.528. The Balaban J connectivity index is 1.41. The van der Waals surface area contributed by atoms with Crippen molar-refractivity contribution in [2.75, 3.05) is 32.1 Å². The fourth-order valence-electron chi connectivity index (χ4n) is 4.42. The summed E-state index contributed by atoms with van der Waals surface area (Å²) in [5, 5.41) is 4.54. The number of hydrogen-bond donors (Lipinski definition) is 1. The van der Waals surface area contributed by atoms with Gasteiger partial charge in [0.25, 0.3) is 5.91 Å². The second-order valence-electron chi connectivity index (χ2n) is 9.05. The monoisotopic (exact) mass is 418 g/mol. The smallest absolute Gasteiger partial charge is 0.252 e. The summed E-state index contributed by atoms with van der Waals surface area (Å²) in [6.07, 6.45) is 3.23. The molecule has 1 amide bonds. The molecule has 5 rings (SSSR count). The molecule has 1 aromatic heterocycles. The van der Waals surface area contributed by atoms with Crippen LogP contribution in [0.4, 0.5) is 10.1 Å². The van der Waals surface area contributed by atoms with Gasteiger partial charge in [0.05, 0.1) is 11.2 Å². The van der Waals surface area contributed by atoms with Crippen LogP contribution >= 0.6 is 0 Å². The number of rotatable bonds is 5. The fourth-order valence-corrected chi connectivity index (χ4v) is 4.42. The topological polar surface area (TPSA) is 48.5 Å². The van der Waals surface area contributed by atoms with E-state index in [0.29, 0.717) is 17.0 Å². The molecule has 2 fully saturated rings. The molecule has 5 nitrogen and oxygen atoms in total. The van der Waals surface area contributed by atoms with Gasteiger partial charge in [-0.3, -0.25) is 9.78 Å². The minimum absolute atomic E-state index is 0.100. The lowest BCUT2D eigenvalue weighted by Gasteiger charge is -2.44. The van der Waals surface area contributed by atoms with Crippen LogP contribution in [0.3, 0.4) is 0 Å². The number of carbonyl (C=O) groups excluding carboxylic acids is 1. The maximum Gasteiger partial charge on any atom is 0.252 e. The van der Waals surface area contributed by atoms with E-state index >= 15 is 0 Å². The van der Waals surface area contributed by atoms with Crippen molar-refractivity contribution < 1.29 is 9.18 Å². The molecule has 1 saturated carbocycles. The van der Waals surface area contributed by atoms with Crippen molar-refractivity contribution in [3.8, 4) is 0 Å². The van der Waals surface area contributed by atoms with Crippen LogP contribution in [-0.4, -0.2) is 49.0 Å². The molecule has 0 atom stereocenters. The summed E-state index contributed by atoms with van der Waals surface area (Å²) < 4.78 is 14.3. The number of amides is 1. The predicted octanol–water partition coefficient (Wildman–Crippen LogP) is 3.85. The molecule has 1 aliphatic carbocycles. The number of carbonyl (C=O) groups is 1. The van der Waals surface area contributed by atoms with Crippen LogP contribution < -0.4 is 10.2 Å². The molecular formula is C25H27FN4O. The van der Waals surface area contributed by atoms with Gasteiger partial charge in [0.2, 0.25) is 0 Å². The Hall–Kier alpha value is -2.99. The Morgan fingerprint density at radius 2 is 1.94 bits per heavy atom. The number of benzene rings is 2. The molecule has 2 aliphatic rings. The van der Waals surface area contributed by atoms with Crippen molar-refractivity contribution in [1.29, 1.82) is 0 Å². The highest BCUT2D eigenvalue weighted by Crippen LogP contribution is 2.47. The zero-order chi connectivity index (χ0) is 21.8. The first kappa shape index (κ1) is 19.9. The summed E-state index contributed by atoms with van der Waals surface area (Å²) in [7, 11) is 4.19. The van der Waals surface area contributed by atoms with Crippen molar-refractivity contribution >= 4 is 22.4 Å². The predicted molar refractivity (Wildman–Crippen MR) is 121 cm³/mol. The van der Waals surface area contributed by atoms with Crippen LogP contribution in [-0.2, 0) is 5.54 Å². The Morgan fingerprint density at radius 1 is 1.16 bits per heavy atom. The average Bonchev–Trinajstić information content (AvgIpc) is 3.48. The molecule has 0 bridgehead atoms. The first-order valence-electron chi connectivity index (χ1n) is 10.8. The van der Waals surface area contributed by atoms with Crippen LogP contribution in [0.1, 0.15) is 34.5 Å². The molecule has 0 spiro atoms. The van der Waals surface area contributed by atoms with Gasteiger partial charge in [0, 0.05) is 47.4 Å². The van der Waals surface area contributed by atoms with Crippen molar-refractivity contribution in [2.24, 2.45) is 0 Å². The number of aryl methyl sites for hydroxylation is 1. The fraction of sp³-hybridized carbons (Fsp3) is 0.360. The maximum atomic E-state index is 14.3. The Morgan fingerprint density at radius 3 is 2.65 bits per heavy atom. The van der Waals surface area contributed by atoms with Gasteiger partial charge in [-0.15, -0.1) is 0 Å². The summed E-state index contributed by atoms with van der Waals surface area (Å²) in [4.78, 5) is 22.4. The molecule has 2 heterocycles. The third-order valence-corrected chi connectivity index (χ3v) is 6.73. The van der Waals surface area contributed by atoms with Gasteiger partial charge in [-0.25, -0.2) is 4.39 Å². The molecule has 2 aromatic carbocycles. The second-order valence-corrected chi connectivity index (χ2v) is 9.05. The first-order chi connectivity index (χ1) is 14.9. The van der Waals surface area contributed by atoms with Gasteiger partial charge in [0.1, 0.15) is 5.82 Å². The normalized spacial score (nSPS) is 17.6. The zero-order valence-corrected chi connectivity index (χ0v) is 18.2. The number of pyridine rings is 1. The summed E-state index contributed by atoms with van der Waals surface area (Å²) in [5.41, 5.74) is 2.93. The van der Waals surface area contributed by atoms with E-state index in [1.54, 1.807) is 18.3 Å². The number of fused-ring (bicyclic) bond motifs is 1. The number of anilines is 1. The maximum absolute atomic E-state index is 14.3. The van der Waals surface area contributed by atoms with Gasteiger partial charge in [-0.1, -0.05) is 18.2 Å². The number of halogens is 1. The van der Waals surface area contributed by atoms with Crippen LogP contribution in [0.25, 0.3) is 10.8 Å². The van der Waals surface area contributed by atoms with E-state index in [0.717, 1.165) is 48.3 Å². The molecule has 1 aliphatic heterocycles. The van der Waals surface area contributed by atoms with E-state index in [1.165, 1.54) is 6.07 Å². The highest BCUT2D eigenvalue weighted by molar-refractivity contribution is 5.98. The summed E-state index contributed by atoms with van der Waals surface area (Å²) in [6.45, 7) is 3.89. The molecule has 0 radical (unpaired) electrons. The average molecular weight is 419 g/mol. The van der Waals surface area contributed by atoms with Gasteiger partial charge in [0.15, 0.2) is 0 Å². The largest absolute Gasteiger partial charge is 0.368 e. The van der Waals surface area contributed by atoms with E-state index in [2.05, 4.69) is 40.3 Å². The van der Waals surface area contributed by atoms with E-state index in [9.17, 15) is 9.18 Å². The highest BCUT2D eigenvalue weighted by atomic mass is 19.1. The molecule has 0 unspecified atom stereocenters. The lowest BCUT2D eigenvalue weighted by molar-refractivity contribution is 0.0929. The number of nitrogens with one attached hydrogen (secondary N) is 1. The molecule has 6 heteroatoms. The summed E-state index contributed by atoms with van der Waals surface area (Å²) in [6, 6.07) is 13.3. The van der Waals surface area contributed by atoms with Gasteiger partial charge >= 0.3 is 0 Å². The number of aromatic nitrogens is 1. The lowest BCUT2D eigenvalue weighted by atomic mass is 10.0. The Kier molecular flexibility index (Phi) is 4.70. The van der Waals surface area contributed by atoms with Crippen LogP contribution in [0.15, 0.2) is 48.7 Å². The van der Waals surface area contributed by atoms with Crippen molar-refractivity contribution in [3.05, 3.63) is 71.3 Å². The van der Waals surface area contributed by atoms with Crippen molar-refractivity contribution in [1.82, 2.24) is 15.2 Å². The van der Waals surface area contributed by atoms with Crippen molar-refractivity contribution in [2.45, 2.75) is 31.3 Å². The summed E-state index contributed by atoms with van der Waals surface area (Å²) in [5.74, 6) is -0.367. The summed E-state index contributed by atoms with van der Waals surface area (Å²) >= 11 is 0. The number of likely N-dealkylation sites (N-methyl/N-ethyl adjacent to an activating group) is 1. The number of hydrogen-bond acceptors (Lipinski definition) is 4. The van der Waals surface area contributed by atoms with E-state index in [4.69, 9.17) is 0 Å². The molecule has 160 valence electrons. The number of nitrogens with zero attached hydrogens (tertiary/aromatic N) is 3. The quantitative estimate of drug-likeness (QED) is 0.684. The Labute approximate surface area is 181 Å². The molecule has 1 saturated heterocycles. The van der Waals surface area contributed by atoms with Gasteiger partial charge in [-0.2, -0.15) is 0 Å². The Bertz CT molecular complexity index is 1170. The van der Waals surface area contributed by atoms with Crippen LogP contribution in [0.2, 0.25) is 0 Å². The van der Waals surface area contributed by atoms with Gasteiger partial charge < -0.3 is 15.1 Å². The standard InChI is InChI=1S/C25H27FN4O/c1-16-7-8-17(30-14-18(15-30)29(2)3)13-21(16)24(31)28-25(10-11-25)23-20-5-4-6-22(26)19(20)9-12-27-23/h4-9,12-13,18H,10-11,14-15H2,1-3H3,(H,28,31). The molecular weight excluding hydrogens is 391 g/mol. The third kappa shape index (κ3) is 3.45. The van der Waals surface area contributed by atoms with Crippen LogP contribution in [0, 0.1) is 12.7 Å². The molecule has 31 heavy (non-hydrogen) atoms. The van der Waals surface area contributed by atoms with Crippen LogP contribution in [0.5, 0.6) is 0 Å². The van der Waals surface area contributed by atoms with E-state index in [1.807, 2.05) is 25.1 Å². The highest BCUT2D eigenvalue weighted by Gasteiger charge is 2.48. The zero-order valence-electron chi connectivity index (χ0n) is 18.2. The van der Waals surface area contributed by atoms with E-state index in [-0.39, 0.29) is 11.7 Å². The second kappa shape index (κ2) is 7.31. The first-order valence-corrected chi connectivity index (χ1v) is 10.8. The molecule has 3 aromatic rings. The van der Waals surface area contributed by atoms with Crippen molar-refractivity contribution in [3.63, 3.8) is 0 Å². The minimum Gasteiger partial charge on any atom is -0.368 e.